The van der Waals surface area contributed by atoms with Crippen molar-refractivity contribution in [3.63, 3.8) is 0 Å². The van der Waals surface area contributed by atoms with Gasteiger partial charge < -0.3 is 5.11 Å². The molecule has 4 heteroatoms. The van der Waals surface area contributed by atoms with Crippen molar-refractivity contribution in [3.8, 4) is 6.07 Å². The molecule has 1 aromatic carbocycles. The van der Waals surface area contributed by atoms with Crippen LogP contribution in [0.4, 0.5) is 4.39 Å². The molecule has 0 saturated heterocycles. The summed E-state index contributed by atoms with van der Waals surface area (Å²) < 4.78 is 12.8. The summed E-state index contributed by atoms with van der Waals surface area (Å²) in [6.45, 7) is 1.93. The van der Waals surface area contributed by atoms with Crippen molar-refractivity contribution in [1.82, 2.24) is 0 Å². The monoisotopic (exact) mass is 241 g/mol. The number of aliphatic hydroxyl groups is 1. The molecule has 2 atom stereocenters. The normalized spacial score (nSPS) is 14.2. The van der Waals surface area contributed by atoms with Crippen LogP contribution in [0.1, 0.15) is 31.4 Å². The number of nitriles is 1. The molecule has 0 bridgehead atoms. The van der Waals surface area contributed by atoms with Gasteiger partial charge in [-0.05, 0) is 18.6 Å². The van der Waals surface area contributed by atoms with E-state index < -0.39 is 17.8 Å². The standard InChI is InChI=1S/C12H13ClFNO/c1-2-3-8(7-15)12(16)10-5-4-9(14)6-11(10)13/h4-6,8,12,16H,2-3H2,1H3. The maximum absolute atomic E-state index is 12.8. The molecule has 1 N–H and O–H groups in total. The van der Waals surface area contributed by atoms with Crippen molar-refractivity contribution >= 4 is 11.6 Å². The minimum Gasteiger partial charge on any atom is -0.387 e. The van der Waals surface area contributed by atoms with Gasteiger partial charge >= 0.3 is 0 Å². The molecule has 0 saturated carbocycles. The Morgan fingerprint density at radius 2 is 2.25 bits per heavy atom. The lowest BCUT2D eigenvalue weighted by Crippen LogP contribution is -2.11. The summed E-state index contributed by atoms with van der Waals surface area (Å²) in [6, 6.07) is 5.83. The Hall–Kier alpha value is -1.11. The highest BCUT2D eigenvalue weighted by Gasteiger charge is 2.22. The minimum atomic E-state index is -0.960. The highest BCUT2D eigenvalue weighted by atomic mass is 35.5. The molecular formula is C12H13ClFNO. The van der Waals surface area contributed by atoms with Gasteiger partial charge in [-0.1, -0.05) is 31.0 Å². The smallest absolute Gasteiger partial charge is 0.124 e. The second-order valence-corrected chi connectivity index (χ2v) is 4.04. The van der Waals surface area contributed by atoms with Gasteiger partial charge in [-0.2, -0.15) is 5.26 Å². The third kappa shape index (κ3) is 2.94. The number of benzene rings is 1. The second-order valence-electron chi connectivity index (χ2n) is 3.63. The number of hydrogen-bond donors (Lipinski definition) is 1. The fourth-order valence-electron chi connectivity index (χ4n) is 1.56. The van der Waals surface area contributed by atoms with Crippen LogP contribution in [0.15, 0.2) is 18.2 Å². The van der Waals surface area contributed by atoms with E-state index in [1.165, 1.54) is 12.1 Å². The Morgan fingerprint density at radius 1 is 1.56 bits per heavy atom. The van der Waals surface area contributed by atoms with E-state index in [-0.39, 0.29) is 5.02 Å². The number of hydrogen-bond acceptors (Lipinski definition) is 2. The first-order chi connectivity index (χ1) is 7.60. The first-order valence-electron chi connectivity index (χ1n) is 5.12. The number of halogens is 2. The van der Waals surface area contributed by atoms with Gasteiger partial charge in [0.05, 0.1) is 18.1 Å². The average molecular weight is 242 g/mol. The van der Waals surface area contributed by atoms with Gasteiger partial charge in [-0.25, -0.2) is 4.39 Å². The predicted molar refractivity (Wildman–Crippen MR) is 60.4 cm³/mol. The number of nitrogens with zero attached hydrogens (tertiary/aromatic N) is 1. The van der Waals surface area contributed by atoms with E-state index >= 15 is 0 Å². The van der Waals surface area contributed by atoms with Crippen LogP contribution in [0.25, 0.3) is 0 Å². The Labute approximate surface area is 99.3 Å². The molecule has 1 rings (SSSR count). The molecule has 0 aromatic heterocycles. The molecule has 0 amide bonds. The molecule has 0 radical (unpaired) electrons. The van der Waals surface area contributed by atoms with Gasteiger partial charge in [-0.15, -0.1) is 0 Å². The first-order valence-corrected chi connectivity index (χ1v) is 5.50. The summed E-state index contributed by atoms with van der Waals surface area (Å²) in [4.78, 5) is 0. The third-order valence-corrected chi connectivity index (χ3v) is 2.76. The van der Waals surface area contributed by atoms with E-state index in [2.05, 4.69) is 0 Å². The Morgan fingerprint density at radius 3 is 2.75 bits per heavy atom. The van der Waals surface area contributed by atoms with E-state index in [1.807, 2.05) is 13.0 Å². The molecule has 0 heterocycles. The van der Waals surface area contributed by atoms with Crippen LogP contribution in [0.2, 0.25) is 5.02 Å². The van der Waals surface area contributed by atoms with Crippen molar-refractivity contribution in [2.24, 2.45) is 5.92 Å². The van der Waals surface area contributed by atoms with Crippen LogP contribution in [-0.4, -0.2) is 5.11 Å². The van der Waals surface area contributed by atoms with Crippen molar-refractivity contribution in [2.75, 3.05) is 0 Å². The molecule has 1 aromatic rings. The quantitative estimate of drug-likeness (QED) is 0.878. The summed E-state index contributed by atoms with van der Waals surface area (Å²) >= 11 is 5.82. The largest absolute Gasteiger partial charge is 0.387 e. The molecule has 2 unspecified atom stereocenters. The Balaban J connectivity index is 2.95. The number of rotatable bonds is 4. The molecule has 0 aliphatic carbocycles. The van der Waals surface area contributed by atoms with E-state index in [0.717, 1.165) is 12.5 Å². The lowest BCUT2D eigenvalue weighted by Gasteiger charge is -2.17. The lowest BCUT2D eigenvalue weighted by atomic mass is 9.93. The molecular weight excluding hydrogens is 229 g/mol. The van der Waals surface area contributed by atoms with Crippen molar-refractivity contribution < 1.29 is 9.50 Å². The van der Waals surface area contributed by atoms with Crippen LogP contribution >= 0.6 is 11.6 Å². The lowest BCUT2D eigenvalue weighted by molar-refractivity contribution is 0.130. The van der Waals surface area contributed by atoms with Gasteiger partial charge in [0.25, 0.3) is 0 Å². The Kier molecular flexibility index (Phi) is 4.72. The van der Waals surface area contributed by atoms with E-state index in [9.17, 15) is 9.50 Å². The molecule has 0 aliphatic heterocycles. The zero-order valence-electron chi connectivity index (χ0n) is 8.95. The average Bonchev–Trinajstić information content (AvgIpc) is 2.25. The van der Waals surface area contributed by atoms with Crippen LogP contribution in [-0.2, 0) is 0 Å². The van der Waals surface area contributed by atoms with Crippen molar-refractivity contribution in [3.05, 3.63) is 34.6 Å². The predicted octanol–water partition coefficient (Wildman–Crippen LogP) is 3.45. The zero-order valence-corrected chi connectivity index (χ0v) is 9.71. The molecule has 0 aliphatic rings. The third-order valence-electron chi connectivity index (χ3n) is 2.43. The molecule has 16 heavy (non-hydrogen) atoms. The van der Waals surface area contributed by atoms with Gasteiger partial charge in [0.2, 0.25) is 0 Å². The fraction of sp³-hybridized carbons (Fsp3) is 0.417. The van der Waals surface area contributed by atoms with Crippen LogP contribution in [0, 0.1) is 23.1 Å². The SMILES string of the molecule is CCCC(C#N)C(O)c1ccc(F)cc1Cl. The topological polar surface area (TPSA) is 44.0 Å². The van der Waals surface area contributed by atoms with Gasteiger partial charge in [0.15, 0.2) is 0 Å². The van der Waals surface area contributed by atoms with Crippen LogP contribution in [0.3, 0.4) is 0 Å². The summed E-state index contributed by atoms with van der Waals surface area (Å²) in [5.74, 6) is -0.960. The highest BCUT2D eigenvalue weighted by Crippen LogP contribution is 2.30. The van der Waals surface area contributed by atoms with Gasteiger partial charge in [-0.3, -0.25) is 0 Å². The molecule has 86 valence electrons. The summed E-state index contributed by atoms with van der Waals surface area (Å²) in [7, 11) is 0. The van der Waals surface area contributed by atoms with Crippen molar-refractivity contribution in [2.45, 2.75) is 25.9 Å². The van der Waals surface area contributed by atoms with Gasteiger partial charge in [0, 0.05) is 10.6 Å². The fourth-order valence-corrected chi connectivity index (χ4v) is 1.84. The van der Waals surface area contributed by atoms with Crippen molar-refractivity contribution in [1.29, 1.82) is 5.26 Å². The van der Waals surface area contributed by atoms with E-state index in [0.29, 0.717) is 12.0 Å². The number of aliphatic hydroxyl groups excluding tert-OH is 1. The first kappa shape index (κ1) is 13.0. The molecule has 0 spiro atoms. The highest BCUT2D eigenvalue weighted by molar-refractivity contribution is 6.31. The maximum Gasteiger partial charge on any atom is 0.124 e. The van der Waals surface area contributed by atoms with E-state index in [1.54, 1.807) is 0 Å². The van der Waals surface area contributed by atoms with Crippen LogP contribution in [0.5, 0.6) is 0 Å². The molecule has 0 fully saturated rings. The summed E-state index contributed by atoms with van der Waals surface area (Å²) in [5.41, 5.74) is 0.406. The molecule has 2 nitrogen and oxygen atoms in total. The van der Waals surface area contributed by atoms with Gasteiger partial charge in [0.1, 0.15) is 5.82 Å². The minimum absolute atomic E-state index is 0.156. The Bertz CT molecular complexity index is 402. The summed E-state index contributed by atoms with van der Waals surface area (Å²) in [6.07, 6.45) is 0.428. The maximum atomic E-state index is 12.8. The zero-order chi connectivity index (χ0) is 12.1. The summed E-state index contributed by atoms with van der Waals surface area (Å²) in [5, 5.41) is 19.0. The van der Waals surface area contributed by atoms with Crippen LogP contribution < -0.4 is 0 Å². The second kappa shape index (κ2) is 5.83. The van der Waals surface area contributed by atoms with E-state index in [4.69, 9.17) is 16.9 Å².